The first-order valence-electron chi connectivity index (χ1n) is 1.66. The van der Waals surface area contributed by atoms with Crippen molar-refractivity contribution in [2.45, 2.75) is 0 Å². The zero-order valence-electron chi connectivity index (χ0n) is 3.40. The summed E-state index contributed by atoms with van der Waals surface area (Å²) in [7, 11) is 0. The second-order valence-corrected chi connectivity index (χ2v) is 0.874. The number of hydroxylamine groups is 2. The van der Waals surface area contributed by atoms with E-state index in [0.29, 0.717) is 11.6 Å². The molecule has 0 aromatic rings. The largest absolute Gasteiger partial charge is 0.348 e. The molecule has 0 N–H and O–H groups in total. The van der Waals surface area contributed by atoms with Gasteiger partial charge in [-0.2, -0.15) is 0 Å². The topological polar surface area (TPSA) is 38.8 Å². The van der Waals surface area contributed by atoms with Gasteiger partial charge in [0.2, 0.25) is 0 Å². The Morgan fingerprint density at radius 1 is 1.43 bits per heavy atom. The maximum atomic E-state index is 9.64. The number of carbonyl (C=O) groups excluding carboxylic acids is 1. The third-order valence-corrected chi connectivity index (χ3v) is 0.471. The molecular weight excluding hydrogens is 98.0 g/mol. The Morgan fingerprint density at radius 2 is 2.00 bits per heavy atom. The van der Waals surface area contributed by atoms with Gasteiger partial charge in [0.25, 0.3) is 6.41 Å². The van der Waals surface area contributed by atoms with Crippen molar-refractivity contribution in [1.82, 2.24) is 5.23 Å². The zero-order valence-corrected chi connectivity index (χ0v) is 3.40. The Balaban J connectivity index is 2.35. The first-order valence-corrected chi connectivity index (χ1v) is 1.66. The molecule has 0 aromatic carbocycles. The van der Waals surface area contributed by atoms with Crippen molar-refractivity contribution in [2.75, 3.05) is 0 Å². The van der Waals surface area contributed by atoms with E-state index in [1.807, 2.05) is 0 Å². The molecule has 1 heterocycles. The highest BCUT2D eigenvalue weighted by Crippen LogP contribution is 1.97. The summed E-state index contributed by atoms with van der Waals surface area (Å²) in [6.07, 6.45) is 2.93. The zero-order chi connectivity index (χ0) is 5.11. The molecule has 0 bridgehead atoms. The van der Waals surface area contributed by atoms with E-state index >= 15 is 0 Å². The molecule has 38 valence electrons. The Hall–Kier alpha value is -1.19. The molecule has 4 nitrogen and oxygen atoms in total. The third kappa shape index (κ3) is 0.623. The Bertz CT molecular complexity index is 92.4. The lowest BCUT2D eigenvalue weighted by Gasteiger charge is -2.01. The molecule has 1 rings (SSSR count). The lowest BCUT2D eigenvalue weighted by molar-refractivity contribution is -0.255. The fourth-order valence-electron chi connectivity index (χ4n) is 0.244. The molecule has 0 fully saturated rings. The highest BCUT2D eigenvalue weighted by atomic mass is 17.0. The van der Waals surface area contributed by atoms with Gasteiger partial charge in [-0.25, -0.2) is 0 Å². The molecule has 1 amide bonds. The van der Waals surface area contributed by atoms with Gasteiger partial charge in [-0.05, 0) is 0 Å². The van der Waals surface area contributed by atoms with Crippen LogP contribution >= 0.6 is 0 Å². The van der Waals surface area contributed by atoms with Gasteiger partial charge in [-0.15, -0.1) is 0 Å². The second-order valence-electron chi connectivity index (χ2n) is 0.874. The summed E-state index contributed by atoms with van der Waals surface area (Å²) < 4.78 is 0. The molecule has 0 unspecified atom stereocenters. The molecule has 0 spiro atoms. The van der Waals surface area contributed by atoms with E-state index in [1.165, 1.54) is 12.5 Å². The summed E-state index contributed by atoms with van der Waals surface area (Å²) in [5, 5.41) is 0.694. The van der Waals surface area contributed by atoms with Gasteiger partial charge in [0.05, 0.1) is 0 Å². The van der Waals surface area contributed by atoms with E-state index in [4.69, 9.17) is 0 Å². The van der Waals surface area contributed by atoms with E-state index in [2.05, 4.69) is 9.68 Å². The summed E-state index contributed by atoms with van der Waals surface area (Å²) in [6, 6.07) is 0. The molecular formula is C3H3NO3. The molecule has 4 heteroatoms. The molecule has 0 saturated carbocycles. The van der Waals surface area contributed by atoms with Crippen LogP contribution in [0.15, 0.2) is 12.5 Å². The average molecular weight is 101 g/mol. The minimum atomic E-state index is 0.417. The third-order valence-electron chi connectivity index (χ3n) is 0.471. The molecule has 0 aromatic heterocycles. The van der Waals surface area contributed by atoms with Crippen LogP contribution in [0.3, 0.4) is 0 Å². The minimum absolute atomic E-state index is 0.417. The van der Waals surface area contributed by atoms with E-state index in [-0.39, 0.29) is 0 Å². The predicted octanol–water partition coefficient (Wildman–Crippen LogP) is -0.207. The van der Waals surface area contributed by atoms with Crippen molar-refractivity contribution >= 4 is 6.41 Å². The van der Waals surface area contributed by atoms with Crippen LogP contribution in [0.5, 0.6) is 0 Å². The standard InChI is InChI=1S/C3H3NO3/c5-3-4-6-1-2-7-4/h1-3H. The summed E-state index contributed by atoms with van der Waals surface area (Å²) in [6.45, 7) is 0. The highest BCUT2D eigenvalue weighted by Gasteiger charge is 2.01. The minimum Gasteiger partial charge on any atom is -0.348 e. The van der Waals surface area contributed by atoms with E-state index < -0.39 is 0 Å². The molecule has 1 aliphatic heterocycles. The van der Waals surface area contributed by atoms with Crippen molar-refractivity contribution < 1.29 is 14.5 Å². The van der Waals surface area contributed by atoms with Gasteiger partial charge in [-0.3, -0.25) is 4.79 Å². The highest BCUT2D eigenvalue weighted by molar-refractivity contribution is 5.43. The van der Waals surface area contributed by atoms with Crippen molar-refractivity contribution in [3.8, 4) is 0 Å². The van der Waals surface area contributed by atoms with Gasteiger partial charge >= 0.3 is 0 Å². The Labute approximate surface area is 39.8 Å². The number of nitrogens with zero attached hydrogens (tertiary/aromatic N) is 1. The van der Waals surface area contributed by atoms with E-state index in [9.17, 15) is 4.79 Å². The molecule has 0 aliphatic carbocycles. The molecule has 7 heavy (non-hydrogen) atoms. The van der Waals surface area contributed by atoms with Gasteiger partial charge in [0.15, 0.2) is 12.5 Å². The van der Waals surface area contributed by atoms with Crippen LogP contribution in [0.2, 0.25) is 0 Å². The molecule has 0 saturated heterocycles. The van der Waals surface area contributed by atoms with Gasteiger partial charge < -0.3 is 9.68 Å². The van der Waals surface area contributed by atoms with Crippen LogP contribution < -0.4 is 0 Å². The van der Waals surface area contributed by atoms with Crippen molar-refractivity contribution in [3.05, 3.63) is 12.5 Å². The monoisotopic (exact) mass is 101 g/mol. The summed E-state index contributed by atoms with van der Waals surface area (Å²) >= 11 is 0. The summed E-state index contributed by atoms with van der Waals surface area (Å²) in [4.78, 5) is 18.4. The van der Waals surface area contributed by atoms with Gasteiger partial charge in [0, 0.05) is 5.23 Å². The lowest BCUT2D eigenvalue weighted by atomic mass is 11.1. The van der Waals surface area contributed by atoms with Crippen LogP contribution in [0.4, 0.5) is 0 Å². The predicted molar refractivity (Wildman–Crippen MR) is 19.2 cm³/mol. The number of hydrogen-bond acceptors (Lipinski definition) is 3. The van der Waals surface area contributed by atoms with Crippen LogP contribution in [0, 0.1) is 0 Å². The normalized spacial score (nSPS) is 15.7. The number of amides is 1. The number of hydrogen-bond donors (Lipinski definition) is 0. The van der Waals surface area contributed by atoms with Crippen LogP contribution in [-0.4, -0.2) is 11.6 Å². The molecule has 0 radical (unpaired) electrons. The smallest absolute Gasteiger partial charge is 0.284 e. The van der Waals surface area contributed by atoms with E-state index in [1.54, 1.807) is 0 Å². The fraction of sp³-hybridized carbons (Fsp3) is 0. The van der Waals surface area contributed by atoms with Gasteiger partial charge in [-0.1, -0.05) is 0 Å². The molecule has 0 atom stereocenters. The van der Waals surface area contributed by atoms with Crippen LogP contribution in [0.25, 0.3) is 0 Å². The molecule has 1 aliphatic rings. The maximum absolute atomic E-state index is 9.64. The average Bonchev–Trinajstić information content (AvgIpc) is 2.14. The first kappa shape index (κ1) is 3.98. The van der Waals surface area contributed by atoms with Crippen molar-refractivity contribution in [3.63, 3.8) is 0 Å². The van der Waals surface area contributed by atoms with Gasteiger partial charge in [0.1, 0.15) is 0 Å². The first-order chi connectivity index (χ1) is 3.43. The number of rotatable bonds is 1. The quantitative estimate of drug-likeness (QED) is 0.429. The summed E-state index contributed by atoms with van der Waals surface area (Å²) in [5.74, 6) is 0. The SMILES string of the molecule is O=CN1OC=CO1. The lowest BCUT2D eigenvalue weighted by Crippen LogP contribution is -2.12. The van der Waals surface area contributed by atoms with E-state index in [0.717, 1.165) is 0 Å². The van der Waals surface area contributed by atoms with Crippen LogP contribution in [0.1, 0.15) is 0 Å². The van der Waals surface area contributed by atoms with Crippen molar-refractivity contribution in [2.24, 2.45) is 0 Å². The summed E-state index contributed by atoms with van der Waals surface area (Å²) in [5.41, 5.74) is 0. The Morgan fingerprint density at radius 3 is 2.29 bits per heavy atom. The fourth-order valence-corrected chi connectivity index (χ4v) is 0.244. The Kier molecular flexibility index (Phi) is 0.856. The number of carbonyl (C=O) groups is 1. The van der Waals surface area contributed by atoms with Crippen LogP contribution in [-0.2, 0) is 14.5 Å². The second kappa shape index (κ2) is 1.51. The van der Waals surface area contributed by atoms with Crippen molar-refractivity contribution in [1.29, 1.82) is 0 Å². The maximum Gasteiger partial charge on any atom is 0.284 e.